The number of nitrogens with two attached hydrogens (primary N) is 1. The molecule has 1 nitrogen and oxygen atoms in total. The highest BCUT2D eigenvalue weighted by molar-refractivity contribution is 9.10. The second-order valence-electron chi connectivity index (χ2n) is 2.99. The summed E-state index contributed by atoms with van der Waals surface area (Å²) < 4.78 is 38.4. The van der Waals surface area contributed by atoms with Crippen LogP contribution >= 0.6 is 15.9 Å². The van der Waals surface area contributed by atoms with Crippen LogP contribution in [-0.4, -0.2) is 6.43 Å². The molecule has 0 fully saturated rings. The van der Waals surface area contributed by atoms with Gasteiger partial charge in [-0.25, -0.2) is 13.2 Å². The molecule has 0 aliphatic rings. The predicted octanol–water partition coefficient (Wildman–Crippen LogP) is 3.16. The molecule has 0 unspecified atom stereocenters. The molecule has 78 valence electrons. The Morgan fingerprint density at radius 1 is 1.36 bits per heavy atom. The normalized spacial score (nSPS) is 13.4. The number of hydrogen-bond donors (Lipinski definition) is 1. The highest BCUT2D eigenvalue weighted by atomic mass is 79.9. The van der Waals surface area contributed by atoms with E-state index in [0.29, 0.717) is 10.0 Å². The van der Waals surface area contributed by atoms with Crippen LogP contribution in [0.15, 0.2) is 16.6 Å². The van der Waals surface area contributed by atoms with Crippen LogP contribution in [0.5, 0.6) is 0 Å². The third-order valence-corrected chi connectivity index (χ3v) is 2.34. The first-order chi connectivity index (χ1) is 6.43. The van der Waals surface area contributed by atoms with Crippen LogP contribution in [0.2, 0.25) is 0 Å². The Hall–Kier alpha value is -0.550. The van der Waals surface area contributed by atoms with E-state index in [2.05, 4.69) is 15.9 Å². The largest absolute Gasteiger partial charge is 0.319 e. The van der Waals surface area contributed by atoms with Crippen LogP contribution in [-0.2, 0) is 0 Å². The molecule has 5 heteroatoms. The maximum absolute atomic E-state index is 13.4. The zero-order chi connectivity index (χ0) is 10.9. The Labute approximate surface area is 88.2 Å². The number of rotatable bonds is 2. The van der Waals surface area contributed by atoms with Crippen molar-refractivity contribution < 1.29 is 13.2 Å². The minimum absolute atomic E-state index is 0.160. The predicted molar refractivity (Wildman–Crippen MR) is 51.8 cm³/mol. The summed E-state index contributed by atoms with van der Waals surface area (Å²) in [5, 5.41) is 0. The first-order valence-corrected chi connectivity index (χ1v) is 4.72. The average Bonchev–Trinajstić information content (AvgIpc) is 2.09. The average molecular weight is 268 g/mol. The van der Waals surface area contributed by atoms with Crippen LogP contribution in [0.25, 0.3) is 0 Å². The first-order valence-electron chi connectivity index (χ1n) is 3.92. The molecule has 0 aromatic heterocycles. The van der Waals surface area contributed by atoms with E-state index in [1.807, 2.05) is 0 Å². The topological polar surface area (TPSA) is 26.0 Å². The van der Waals surface area contributed by atoms with Gasteiger partial charge in [0.15, 0.2) is 0 Å². The van der Waals surface area contributed by atoms with E-state index in [0.717, 1.165) is 0 Å². The number of halogens is 4. The molecule has 0 radical (unpaired) electrons. The van der Waals surface area contributed by atoms with Crippen molar-refractivity contribution >= 4 is 15.9 Å². The van der Waals surface area contributed by atoms with Gasteiger partial charge in [-0.3, -0.25) is 0 Å². The first kappa shape index (κ1) is 11.5. The van der Waals surface area contributed by atoms with E-state index < -0.39 is 18.3 Å². The summed E-state index contributed by atoms with van der Waals surface area (Å²) in [4.78, 5) is 0. The fourth-order valence-electron chi connectivity index (χ4n) is 1.13. The summed E-state index contributed by atoms with van der Waals surface area (Å²) in [7, 11) is 0. The van der Waals surface area contributed by atoms with E-state index in [4.69, 9.17) is 5.73 Å². The summed E-state index contributed by atoms with van der Waals surface area (Å²) in [5.74, 6) is -0.666. The van der Waals surface area contributed by atoms with Crippen LogP contribution < -0.4 is 5.73 Å². The Morgan fingerprint density at radius 2 is 1.93 bits per heavy atom. The van der Waals surface area contributed by atoms with Crippen molar-refractivity contribution in [2.24, 2.45) is 5.73 Å². The molecular formula is C9H9BrF3N. The Kier molecular flexibility index (Phi) is 3.55. The molecule has 1 aromatic rings. The van der Waals surface area contributed by atoms with Gasteiger partial charge in [-0.15, -0.1) is 0 Å². The van der Waals surface area contributed by atoms with Crippen molar-refractivity contribution in [3.63, 3.8) is 0 Å². The summed E-state index contributed by atoms with van der Waals surface area (Å²) in [5.41, 5.74) is 5.30. The Bertz CT molecular complexity index is 341. The molecule has 1 rings (SSSR count). The van der Waals surface area contributed by atoms with Crippen LogP contribution in [0.1, 0.15) is 17.2 Å². The second-order valence-corrected chi connectivity index (χ2v) is 3.90. The molecule has 0 aliphatic carbocycles. The summed E-state index contributed by atoms with van der Waals surface area (Å²) in [6.07, 6.45) is -2.77. The van der Waals surface area contributed by atoms with Crippen LogP contribution in [0, 0.1) is 12.7 Å². The fourth-order valence-corrected chi connectivity index (χ4v) is 1.72. The van der Waals surface area contributed by atoms with Crippen molar-refractivity contribution in [3.05, 3.63) is 33.5 Å². The van der Waals surface area contributed by atoms with E-state index in [-0.39, 0.29) is 5.56 Å². The van der Waals surface area contributed by atoms with E-state index in [9.17, 15) is 13.2 Å². The van der Waals surface area contributed by atoms with Crippen LogP contribution in [0.4, 0.5) is 13.2 Å². The molecule has 0 amide bonds. The van der Waals surface area contributed by atoms with Crippen LogP contribution in [0.3, 0.4) is 0 Å². The fraction of sp³-hybridized carbons (Fsp3) is 0.333. The molecule has 0 saturated heterocycles. The zero-order valence-corrected chi connectivity index (χ0v) is 8.98. The van der Waals surface area contributed by atoms with E-state index in [1.54, 1.807) is 0 Å². The lowest BCUT2D eigenvalue weighted by molar-refractivity contribution is 0.114. The molecule has 0 spiro atoms. The monoisotopic (exact) mass is 267 g/mol. The molecule has 0 saturated carbocycles. The molecular weight excluding hydrogens is 259 g/mol. The van der Waals surface area contributed by atoms with Gasteiger partial charge in [0.25, 0.3) is 6.43 Å². The van der Waals surface area contributed by atoms with Gasteiger partial charge >= 0.3 is 0 Å². The summed E-state index contributed by atoms with van der Waals surface area (Å²) >= 11 is 3.10. The van der Waals surface area contributed by atoms with Crippen molar-refractivity contribution in [1.29, 1.82) is 0 Å². The molecule has 0 heterocycles. The molecule has 2 N–H and O–H groups in total. The van der Waals surface area contributed by atoms with Gasteiger partial charge in [-0.2, -0.15) is 0 Å². The highest BCUT2D eigenvalue weighted by Gasteiger charge is 2.22. The van der Waals surface area contributed by atoms with Gasteiger partial charge in [0.2, 0.25) is 0 Å². The van der Waals surface area contributed by atoms with Gasteiger partial charge in [0, 0.05) is 10.0 Å². The van der Waals surface area contributed by atoms with Gasteiger partial charge < -0.3 is 5.73 Å². The van der Waals surface area contributed by atoms with Crippen molar-refractivity contribution in [2.45, 2.75) is 19.4 Å². The number of hydrogen-bond acceptors (Lipinski definition) is 1. The molecule has 1 aromatic carbocycles. The lowest BCUT2D eigenvalue weighted by Gasteiger charge is -2.13. The van der Waals surface area contributed by atoms with Gasteiger partial charge in [-0.1, -0.05) is 15.9 Å². The third kappa shape index (κ3) is 2.27. The summed E-state index contributed by atoms with van der Waals surface area (Å²) in [6, 6.07) is 1.21. The number of benzene rings is 1. The SMILES string of the molecule is Cc1cc(Br)cc([C@H](N)C(F)F)c1F. The Morgan fingerprint density at radius 3 is 2.43 bits per heavy atom. The van der Waals surface area contributed by atoms with Crippen molar-refractivity contribution in [1.82, 2.24) is 0 Å². The summed E-state index contributed by atoms with van der Waals surface area (Å²) in [6.45, 7) is 1.50. The quantitative estimate of drug-likeness (QED) is 0.875. The number of alkyl halides is 2. The van der Waals surface area contributed by atoms with Gasteiger partial charge in [0.1, 0.15) is 5.82 Å². The smallest absolute Gasteiger partial charge is 0.257 e. The molecule has 1 atom stereocenters. The Balaban J connectivity index is 3.20. The second kappa shape index (κ2) is 4.31. The van der Waals surface area contributed by atoms with Gasteiger partial charge in [0.05, 0.1) is 6.04 Å². The minimum atomic E-state index is -2.77. The molecule has 0 bridgehead atoms. The lowest BCUT2D eigenvalue weighted by atomic mass is 10.0. The maximum Gasteiger partial charge on any atom is 0.257 e. The molecule has 14 heavy (non-hydrogen) atoms. The van der Waals surface area contributed by atoms with E-state index >= 15 is 0 Å². The van der Waals surface area contributed by atoms with Crippen molar-refractivity contribution in [2.75, 3.05) is 0 Å². The maximum atomic E-state index is 13.4. The van der Waals surface area contributed by atoms with Crippen molar-refractivity contribution in [3.8, 4) is 0 Å². The lowest BCUT2D eigenvalue weighted by Crippen LogP contribution is -2.20. The van der Waals surface area contributed by atoms with Gasteiger partial charge in [-0.05, 0) is 24.6 Å². The number of aryl methyl sites for hydroxylation is 1. The third-order valence-electron chi connectivity index (χ3n) is 1.88. The zero-order valence-electron chi connectivity index (χ0n) is 7.40. The minimum Gasteiger partial charge on any atom is -0.319 e. The van der Waals surface area contributed by atoms with E-state index in [1.165, 1.54) is 19.1 Å². The molecule has 0 aliphatic heterocycles. The standard InChI is InChI=1S/C9H9BrF3N/c1-4-2-5(10)3-6(7(4)11)8(14)9(12)13/h2-3,8-9H,14H2,1H3/t8-/m0/s1. The highest BCUT2D eigenvalue weighted by Crippen LogP contribution is 2.26.